The first-order valence-electron chi connectivity index (χ1n) is 5.85. The van der Waals surface area contributed by atoms with Gasteiger partial charge in [-0.05, 0) is 27.4 Å². The second kappa shape index (κ2) is 6.34. The Kier molecular flexibility index (Phi) is 5.09. The average molecular weight is 240 g/mol. The van der Waals surface area contributed by atoms with Gasteiger partial charge >= 0.3 is 5.97 Å². The van der Waals surface area contributed by atoms with Crippen LogP contribution in [0.4, 0.5) is 0 Å². The van der Waals surface area contributed by atoms with Gasteiger partial charge in [-0.15, -0.1) is 10.2 Å². The zero-order valence-electron chi connectivity index (χ0n) is 10.9. The Bertz CT molecular complexity index is 376. The molecule has 0 bridgehead atoms. The zero-order chi connectivity index (χ0) is 12.8. The number of carbonyl (C=O) groups is 1. The van der Waals surface area contributed by atoms with Crippen molar-refractivity contribution in [1.29, 1.82) is 0 Å². The van der Waals surface area contributed by atoms with E-state index in [4.69, 9.17) is 4.74 Å². The lowest BCUT2D eigenvalue weighted by molar-refractivity contribution is 0.0505. The molecule has 0 fully saturated rings. The average Bonchev–Trinajstić information content (AvgIpc) is 2.68. The Morgan fingerprint density at radius 1 is 1.41 bits per heavy atom. The van der Waals surface area contributed by atoms with E-state index in [1.165, 1.54) is 0 Å². The monoisotopic (exact) mass is 240 g/mol. The van der Waals surface area contributed by atoms with Crippen LogP contribution >= 0.6 is 0 Å². The molecule has 0 N–H and O–H groups in total. The van der Waals surface area contributed by atoms with E-state index in [1.807, 2.05) is 14.0 Å². The number of nitrogens with zero attached hydrogens (tertiary/aromatic N) is 4. The molecule has 17 heavy (non-hydrogen) atoms. The number of ether oxygens (including phenoxy) is 1. The molecular weight excluding hydrogens is 220 g/mol. The van der Waals surface area contributed by atoms with Gasteiger partial charge in [-0.3, -0.25) is 0 Å². The number of likely N-dealkylation sites (N-methyl/N-ethyl adjacent to an activating group) is 1. The molecule has 1 aromatic rings. The van der Waals surface area contributed by atoms with Crippen LogP contribution in [-0.2, 0) is 11.3 Å². The minimum atomic E-state index is -0.410. The fourth-order valence-electron chi connectivity index (χ4n) is 1.42. The largest absolute Gasteiger partial charge is 0.460 e. The van der Waals surface area contributed by atoms with E-state index in [0.29, 0.717) is 13.2 Å². The first-order chi connectivity index (χ1) is 8.10. The molecule has 0 aromatic carbocycles. The normalized spacial score (nSPS) is 10.9. The fraction of sp³-hybridized carbons (Fsp3) is 0.727. The number of carbonyl (C=O) groups excluding carboxylic acids is 1. The molecule has 0 spiro atoms. The summed E-state index contributed by atoms with van der Waals surface area (Å²) in [5, 5.41) is 7.78. The van der Waals surface area contributed by atoms with E-state index < -0.39 is 5.97 Å². The first-order valence-corrected chi connectivity index (χ1v) is 5.85. The standard InChI is InChI=1S/C11H20N4O2/c1-5-14(4)7-8-15-9(3)12-13-10(15)11(16)17-6-2/h5-8H2,1-4H3. The lowest BCUT2D eigenvalue weighted by Crippen LogP contribution is -2.25. The molecule has 0 radical (unpaired) electrons. The van der Waals surface area contributed by atoms with Crippen LogP contribution < -0.4 is 0 Å². The second-order valence-electron chi connectivity index (χ2n) is 3.84. The highest BCUT2D eigenvalue weighted by atomic mass is 16.5. The molecule has 0 saturated carbocycles. The summed E-state index contributed by atoms with van der Waals surface area (Å²) in [7, 11) is 2.03. The zero-order valence-corrected chi connectivity index (χ0v) is 10.9. The Hall–Kier alpha value is -1.43. The van der Waals surface area contributed by atoms with Gasteiger partial charge in [-0.1, -0.05) is 6.92 Å². The summed E-state index contributed by atoms with van der Waals surface area (Å²) < 4.78 is 6.73. The molecule has 0 saturated heterocycles. The van der Waals surface area contributed by atoms with Gasteiger partial charge in [0.25, 0.3) is 0 Å². The van der Waals surface area contributed by atoms with E-state index in [1.54, 1.807) is 11.5 Å². The van der Waals surface area contributed by atoms with E-state index in [0.717, 1.165) is 18.9 Å². The predicted octanol–water partition coefficient (Wildman–Crippen LogP) is 0.715. The molecule has 96 valence electrons. The SMILES string of the molecule is CCOC(=O)c1nnc(C)n1CCN(C)CC. The maximum atomic E-state index is 11.6. The summed E-state index contributed by atoms with van der Waals surface area (Å²) in [5.74, 6) is 0.610. The third-order valence-corrected chi connectivity index (χ3v) is 2.64. The number of hydrogen-bond acceptors (Lipinski definition) is 5. The summed E-state index contributed by atoms with van der Waals surface area (Å²) in [6, 6.07) is 0. The molecule has 0 aliphatic carbocycles. The van der Waals surface area contributed by atoms with Gasteiger partial charge in [0.2, 0.25) is 5.82 Å². The van der Waals surface area contributed by atoms with Gasteiger partial charge in [-0.2, -0.15) is 0 Å². The smallest absolute Gasteiger partial charge is 0.376 e. The highest BCUT2D eigenvalue weighted by Gasteiger charge is 2.17. The first kappa shape index (κ1) is 13.6. The van der Waals surface area contributed by atoms with Crippen molar-refractivity contribution in [1.82, 2.24) is 19.7 Å². The van der Waals surface area contributed by atoms with Crippen molar-refractivity contribution in [2.24, 2.45) is 0 Å². The summed E-state index contributed by atoms with van der Waals surface area (Å²) in [6.07, 6.45) is 0. The predicted molar refractivity (Wildman–Crippen MR) is 63.9 cm³/mol. The van der Waals surface area contributed by atoms with Crippen molar-refractivity contribution >= 4 is 5.97 Å². The Labute approximate surface area is 102 Å². The van der Waals surface area contributed by atoms with Gasteiger partial charge in [0.15, 0.2) is 0 Å². The van der Waals surface area contributed by atoms with Gasteiger partial charge < -0.3 is 14.2 Å². The second-order valence-corrected chi connectivity index (χ2v) is 3.84. The van der Waals surface area contributed by atoms with Crippen LogP contribution in [0.1, 0.15) is 30.3 Å². The fourth-order valence-corrected chi connectivity index (χ4v) is 1.42. The highest BCUT2D eigenvalue weighted by molar-refractivity contribution is 5.85. The van der Waals surface area contributed by atoms with Crippen molar-refractivity contribution in [3.63, 3.8) is 0 Å². The van der Waals surface area contributed by atoms with Gasteiger partial charge in [0.05, 0.1) is 6.61 Å². The number of rotatable bonds is 6. The molecule has 1 aromatic heterocycles. The Morgan fingerprint density at radius 2 is 2.12 bits per heavy atom. The third kappa shape index (κ3) is 3.52. The van der Waals surface area contributed by atoms with E-state index in [-0.39, 0.29) is 5.82 Å². The van der Waals surface area contributed by atoms with Crippen molar-refractivity contribution in [3.8, 4) is 0 Å². The van der Waals surface area contributed by atoms with Crippen molar-refractivity contribution < 1.29 is 9.53 Å². The van der Waals surface area contributed by atoms with Crippen LogP contribution in [0.15, 0.2) is 0 Å². The van der Waals surface area contributed by atoms with E-state index in [9.17, 15) is 4.79 Å². The van der Waals surface area contributed by atoms with Gasteiger partial charge in [0, 0.05) is 13.1 Å². The summed E-state index contributed by atoms with van der Waals surface area (Å²) in [6.45, 7) is 8.55. The van der Waals surface area contributed by atoms with E-state index >= 15 is 0 Å². The molecular formula is C11H20N4O2. The quantitative estimate of drug-likeness (QED) is 0.685. The molecule has 1 heterocycles. The maximum absolute atomic E-state index is 11.6. The van der Waals surface area contributed by atoms with Crippen LogP contribution in [0.5, 0.6) is 0 Å². The topological polar surface area (TPSA) is 60.2 Å². The molecule has 0 aliphatic rings. The molecule has 6 heteroatoms. The minimum absolute atomic E-state index is 0.286. The number of aryl methyl sites for hydroxylation is 1. The highest BCUT2D eigenvalue weighted by Crippen LogP contribution is 2.03. The van der Waals surface area contributed by atoms with Gasteiger partial charge in [-0.25, -0.2) is 4.79 Å². The van der Waals surface area contributed by atoms with Crippen LogP contribution in [0.3, 0.4) is 0 Å². The summed E-state index contributed by atoms with van der Waals surface area (Å²) >= 11 is 0. The lowest BCUT2D eigenvalue weighted by Gasteiger charge is -2.15. The van der Waals surface area contributed by atoms with Gasteiger partial charge in [0.1, 0.15) is 5.82 Å². The lowest BCUT2D eigenvalue weighted by atomic mass is 10.4. The molecule has 0 atom stereocenters. The van der Waals surface area contributed by atoms with Crippen LogP contribution in [0.25, 0.3) is 0 Å². The Morgan fingerprint density at radius 3 is 2.71 bits per heavy atom. The Balaban J connectivity index is 2.76. The third-order valence-electron chi connectivity index (χ3n) is 2.64. The molecule has 0 aliphatic heterocycles. The van der Waals surface area contributed by atoms with E-state index in [2.05, 4.69) is 22.0 Å². The molecule has 0 unspecified atom stereocenters. The van der Waals surface area contributed by atoms with Crippen molar-refractivity contribution in [3.05, 3.63) is 11.6 Å². The maximum Gasteiger partial charge on any atom is 0.376 e. The minimum Gasteiger partial charge on any atom is -0.460 e. The van der Waals surface area contributed by atoms with Crippen LogP contribution in [0.2, 0.25) is 0 Å². The molecule has 6 nitrogen and oxygen atoms in total. The van der Waals surface area contributed by atoms with Crippen LogP contribution in [0, 0.1) is 6.92 Å². The number of esters is 1. The van der Waals surface area contributed by atoms with Crippen molar-refractivity contribution in [2.45, 2.75) is 27.3 Å². The number of hydrogen-bond donors (Lipinski definition) is 0. The summed E-state index contributed by atoms with van der Waals surface area (Å²) in [5.41, 5.74) is 0. The van der Waals surface area contributed by atoms with Crippen molar-refractivity contribution in [2.75, 3.05) is 26.7 Å². The molecule has 0 amide bonds. The molecule has 1 rings (SSSR count). The summed E-state index contributed by atoms with van der Waals surface area (Å²) in [4.78, 5) is 13.8. The number of aromatic nitrogens is 3. The van der Waals surface area contributed by atoms with Crippen LogP contribution in [-0.4, -0.2) is 52.4 Å².